The molecule has 2 heterocycles. The second-order valence-corrected chi connectivity index (χ2v) is 5.41. The molecule has 1 aliphatic heterocycles. The molecule has 0 bridgehead atoms. The zero-order valence-electron chi connectivity index (χ0n) is 11.9. The molecule has 0 aromatic carbocycles. The molecule has 9 nitrogen and oxygen atoms in total. The SMILES string of the molecule is CC(C)(C)OC(=O)N1CCN=C(NCc2nn[nH]n2)C1. The Labute approximate surface area is 116 Å². The lowest BCUT2D eigenvalue weighted by Crippen LogP contribution is -2.47. The van der Waals surface area contributed by atoms with Gasteiger partial charge in [0.05, 0.1) is 19.6 Å². The number of ether oxygens (including phenoxy) is 1. The fraction of sp³-hybridized carbons (Fsp3) is 0.727. The van der Waals surface area contributed by atoms with Crippen LogP contribution in [0.25, 0.3) is 0 Å². The summed E-state index contributed by atoms with van der Waals surface area (Å²) in [5.74, 6) is 1.26. The van der Waals surface area contributed by atoms with Crippen molar-refractivity contribution in [3.8, 4) is 0 Å². The molecule has 0 spiro atoms. The summed E-state index contributed by atoms with van der Waals surface area (Å²) < 4.78 is 5.34. The first-order chi connectivity index (χ1) is 9.44. The number of nitrogens with one attached hydrogen (secondary N) is 2. The predicted molar refractivity (Wildman–Crippen MR) is 71.1 cm³/mol. The van der Waals surface area contributed by atoms with E-state index in [4.69, 9.17) is 4.74 Å². The van der Waals surface area contributed by atoms with E-state index in [1.165, 1.54) is 0 Å². The van der Waals surface area contributed by atoms with Crippen LogP contribution < -0.4 is 5.32 Å². The van der Waals surface area contributed by atoms with Crippen molar-refractivity contribution in [1.29, 1.82) is 0 Å². The molecule has 1 aromatic rings. The van der Waals surface area contributed by atoms with Crippen molar-refractivity contribution in [1.82, 2.24) is 30.8 Å². The van der Waals surface area contributed by atoms with E-state index in [0.29, 0.717) is 37.8 Å². The molecule has 1 aliphatic rings. The third-order valence-corrected chi connectivity index (χ3v) is 2.50. The summed E-state index contributed by atoms with van der Waals surface area (Å²) in [6.45, 7) is 7.45. The number of aliphatic imine (C=N–C) groups is 1. The van der Waals surface area contributed by atoms with Gasteiger partial charge < -0.3 is 10.1 Å². The Bertz CT molecular complexity index is 477. The van der Waals surface area contributed by atoms with Gasteiger partial charge in [-0.1, -0.05) is 5.21 Å². The highest BCUT2D eigenvalue weighted by atomic mass is 16.6. The van der Waals surface area contributed by atoms with Gasteiger partial charge in [-0.15, -0.1) is 10.2 Å². The lowest BCUT2D eigenvalue weighted by atomic mass is 10.2. The van der Waals surface area contributed by atoms with Crippen LogP contribution in [0.1, 0.15) is 26.6 Å². The van der Waals surface area contributed by atoms with Crippen LogP contribution in [0.15, 0.2) is 4.99 Å². The molecule has 1 aromatic heterocycles. The molecule has 0 saturated heterocycles. The zero-order chi connectivity index (χ0) is 14.6. The molecular weight excluding hydrogens is 262 g/mol. The number of hydrogen-bond acceptors (Lipinski definition) is 7. The van der Waals surface area contributed by atoms with Gasteiger partial charge in [-0.3, -0.25) is 9.89 Å². The van der Waals surface area contributed by atoms with Crippen LogP contribution in [0.5, 0.6) is 0 Å². The lowest BCUT2D eigenvalue weighted by Gasteiger charge is -2.29. The monoisotopic (exact) mass is 281 g/mol. The number of carbonyl (C=O) groups excluding carboxylic acids is 1. The molecule has 20 heavy (non-hydrogen) atoms. The van der Waals surface area contributed by atoms with Crippen molar-refractivity contribution >= 4 is 11.9 Å². The minimum absolute atomic E-state index is 0.328. The fourth-order valence-electron chi connectivity index (χ4n) is 1.65. The maximum Gasteiger partial charge on any atom is 0.410 e. The second-order valence-electron chi connectivity index (χ2n) is 5.41. The van der Waals surface area contributed by atoms with Crippen molar-refractivity contribution in [3.63, 3.8) is 0 Å². The number of tetrazole rings is 1. The molecule has 110 valence electrons. The van der Waals surface area contributed by atoms with Crippen molar-refractivity contribution in [2.24, 2.45) is 4.99 Å². The average Bonchev–Trinajstić information content (AvgIpc) is 2.88. The normalized spacial score (nSPS) is 15.8. The first-order valence-corrected chi connectivity index (χ1v) is 6.41. The second kappa shape index (κ2) is 5.85. The molecular formula is C11H19N7O2. The van der Waals surface area contributed by atoms with Crippen LogP contribution in [-0.2, 0) is 11.3 Å². The zero-order valence-corrected chi connectivity index (χ0v) is 11.9. The molecule has 0 radical (unpaired) electrons. The van der Waals surface area contributed by atoms with E-state index in [-0.39, 0.29) is 6.09 Å². The third kappa shape index (κ3) is 4.18. The summed E-state index contributed by atoms with van der Waals surface area (Å²) in [7, 11) is 0. The van der Waals surface area contributed by atoms with Crippen LogP contribution in [0.2, 0.25) is 0 Å². The minimum atomic E-state index is -0.496. The van der Waals surface area contributed by atoms with E-state index >= 15 is 0 Å². The number of aromatic nitrogens is 4. The number of amides is 1. The van der Waals surface area contributed by atoms with E-state index in [1.807, 2.05) is 20.8 Å². The summed E-state index contributed by atoms with van der Waals surface area (Å²) in [5.41, 5.74) is -0.496. The van der Waals surface area contributed by atoms with Gasteiger partial charge in [0.25, 0.3) is 0 Å². The van der Waals surface area contributed by atoms with Crippen molar-refractivity contribution in [2.45, 2.75) is 32.9 Å². The fourth-order valence-corrected chi connectivity index (χ4v) is 1.65. The van der Waals surface area contributed by atoms with E-state index in [9.17, 15) is 4.79 Å². The van der Waals surface area contributed by atoms with E-state index in [1.54, 1.807) is 4.90 Å². The van der Waals surface area contributed by atoms with Crippen molar-refractivity contribution in [3.05, 3.63) is 5.82 Å². The highest BCUT2D eigenvalue weighted by Gasteiger charge is 2.24. The molecule has 9 heteroatoms. The Hall–Kier alpha value is -2.19. The van der Waals surface area contributed by atoms with Gasteiger partial charge in [-0.25, -0.2) is 4.79 Å². The number of aromatic amines is 1. The Morgan fingerprint density at radius 1 is 1.50 bits per heavy atom. The van der Waals surface area contributed by atoms with Gasteiger partial charge in [-0.05, 0) is 20.8 Å². The molecule has 0 aliphatic carbocycles. The molecule has 2 rings (SSSR count). The topological polar surface area (TPSA) is 108 Å². The molecule has 1 amide bonds. The molecule has 2 N–H and O–H groups in total. The Balaban J connectivity index is 1.84. The highest BCUT2D eigenvalue weighted by molar-refractivity contribution is 5.87. The maximum absolute atomic E-state index is 12.0. The Morgan fingerprint density at radius 2 is 2.30 bits per heavy atom. The number of hydrogen-bond donors (Lipinski definition) is 2. The number of nitrogens with zero attached hydrogens (tertiary/aromatic N) is 5. The Kier molecular flexibility index (Phi) is 4.16. The average molecular weight is 281 g/mol. The van der Waals surface area contributed by atoms with Crippen molar-refractivity contribution in [2.75, 3.05) is 19.6 Å². The van der Waals surface area contributed by atoms with Crippen LogP contribution in [-0.4, -0.2) is 62.7 Å². The van der Waals surface area contributed by atoms with Crippen LogP contribution >= 0.6 is 0 Å². The predicted octanol–water partition coefficient (Wildman–Crippen LogP) is -0.0615. The molecule has 0 fully saturated rings. The molecule has 0 atom stereocenters. The Morgan fingerprint density at radius 3 is 2.95 bits per heavy atom. The minimum Gasteiger partial charge on any atom is -0.444 e. The van der Waals surface area contributed by atoms with Crippen LogP contribution in [0.3, 0.4) is 0 Å². The summed E-state index contributed by atoms with van der Waals surface area (Å²) in [4.78, 5) is 17.9. The molecule has 0 unspecified atom stereocenters. The van der Waals surface area contributed by atoms with Crippen LogP contribution in [0, 0.1) is 0 Å². The van der Waals surface area contributed by atoms with Gasteiger partial charge in [0.15, 0.2) is 5.82 Å². The standard InChI is InChI=1S/C11H19N7O2/c1-11(2,3)20-10(19)18-5-4-12-9(7-18)13-6-8-14-16-17-15-8/h4-7H2,1-3H3,(H,12,13)(H,14,15,16,17). The van der Waals surface area contributed by atoms with Crippen LogP contribution in [0.4, 0.5) is 4.79 Å². The quantitative estimate of drug-likeness (QED) is 0.786. The van der Waals surface area contributed by atoms with Gasteiger partial charge in [-0.2, -0.15) is 5.21 Å². The molecule has 0 saturated carbocycles. The third-order valence-electron chi connectivity index (χ3n) is 2.50. The van der Waals surface area contributed by atoms with Gasteiger partial charge in [0, 0.05) is 6.54 Å². The van der Waals surface area contributed by atoms with E-state index in [2.05, 4.69) is 30.9 Å². The van der Waals surface area contributed by atoms with Gasteiger partial charge in [0.1, 0.15) is 11.4 Å². The first-order valence-electron chi connectivity index (χ1n) is 6.41. The maximum atomic E-state index is 12.0. The first kappa shape index (κ1) is 14.2. The number of rotatable bonds is 2. The summed E-state index contributed by atoms with van der Waals surface area (Å²) in [6.07, 6.45) is -0.328. The summed E-state index contributed by atoms with van der Waals surface area (Å²) in [5, 5.41) is 16.6. The summed E-state index contributed by atoms with van der Waals surface area (Å²) in [6, 6.07) is 0. The highest BCUT2D eigenvalue weighted by Crippen LogP contribution is 2.10. The smallest absolute Gasteiger partial charge is 0.410 e. The lowest BCUT2D eigenvalue weighted by molar-refractivity contribution is 0.0276. The van der Waals surface area contributed by atoms with E-state index < -0.39 is 5.60 Å². The van der Waals surface area contributed by atoms with Gasteiger partial charge >= 0.3 is 6.09 Å². The van der Waals surface area contributed by atoms with E-state index in [0.717, 1.165) is 0 Å². The number of H-pyrrole nitrogens is 1. The van der Waals surface area contributed by atoms with Gasteiger partial charge in [0.2, 0.25) is 0 Å². The summed E-state index contributed by atoms with van der Waals surface area (Å²) >= 11 is 0. The number of amidine groups is 1. The largest absolute Gasteiger partial charge is 0.444 e. The van der Waals surface area contributed by atoms with Crippen molar-refractivity contribution < 1.29 is 9.53 Å². The number of carbonyl (C=O) groups is 1.